The van der Waals surface area contributed by atoms with Crippen molar-refractivity contribution < 1.29 is 9.13 Å². The van der Waals surface area contributed by atoms with Crippen LogP contribution in [0.1, 0.15) is 51.1 Å². The summed E-state index contributed by atoms with van der Waals surface area (Å²) in [4.78, 5) is 0. The Morgan fingerprint density at radius 3 is 2.86 bits per heavy atom. The monoisotopic (exact) mass is 377 g/mol. The summed E-state index contributed by atoms with van der Waals surface area (Å²) < 4.78 is 21.2. The van der Waals surface area contributed by atoms with Gasteiger partial charge in [-0.25, -0.2) is 4.39 Å². The van der Waals surface area contributed by atoms with Gasteiger partial charge in [0.25, 0.3) is 0 Å². The Morgan fingerprint density at radius 1 is 1.48 bits per heavy atom. The molecule has 118 valence electrons. The summed E-state index contributed by atoms with van der Waals surface area (Å²) >= 11 is 9.32. The van der Waals surface area contributed by atoms with Crippen molar-refractivity contribution in [1.29, 1.82) is 0 Å². The molecule has 1 aliphatic rings. The number of rotatable bonds is 5. The second-order valence-corrected chi connectivity index (χ2v) is 7.00. The number of halogens is 3. The third kappa shape index (κ3) is 3.79. The Hall–Kier alpha value is -0.160. The van der Waals surface area contributed by atoms with E-state index in [1.807, 2.05) is 0 Å². The molecule has 0 aromatic heterocycles. The first kappa shape index (κ1) is 17.2. The fraction of sp³-hybridized carbons (Fsp3) is 0.625. The van der Waals surface area contributed by atoms with E-state index >= 15 is 0 Å². The normalized spacial score (nSPS) is 24.0. The Morgan fingerprint density at radius 2 is 2.24 bits per heavy atom. The third-order valence-electron chi connectivity index (χ3n) is 4.08. The molecule has 0 aliphatic carbocycles. The largest absolute Gasteiger partial charge is 0.373 e. The summed E-state index contributed by atoms with van der Waals surface area (Å²) in [6.07, 6.45) is 4.08. The Balaban J connectivity index is 2.38. The van der Waals surface area contributed by atoms with Gasteiger partial charge in [0.05, 0.1) is 16.7 Å². The highest BCUT2D eigenvalue weighted by molar-refractivity contribution is 9.10. The molecule has 1 aromatic rings. The maximum absolute atomic E-state index is 14.6. The van der Waals surface area contributed by atoms with E-state index in [9.17, 15) is 4.39 Å². The van der Waals surface area contributed by atoms with Gasteiger partial charge in [0.15, 0.2) is 0 Å². The van der Waals surface area contributed by atoms with Crippen LogP contribution in [0.3, 0.4) is 0 Å². The molecule has 2 atom stereocenters. The summed E-state index contributed by atoms with van der Waals surface area (Å²) in [6.45, 7) is 5.71. The summed E-state index contributed by atoms with van der Waals surface area (Å²) in [6, 6.07) is 3.40. The van der Waals surface area contributed by atoms with E-state index in [4.69, 9.17) is 16.3 Å². The van der Waals surface area contributed by atoms with E-state index in [0.717, 1.165) is 38.8 Å². The van der Waals surface area contributed by atoms with Crippen LogP contribution in [0.25, 0.3) is 0 Å². The smallest absolute Gasteiger partial charge is 0.147 e. The molecule has 2 rings (SSSR count). The molecule has 21 heavy (non-hydrogen) atoms. The van der Waals surface area contributed by atoms with Gasteiger partial charge >= 0.3 is 0 Å². The predicted octanol–water partition coefficient (Wildman–Crippen LogP) is 5.24. The van der Waals surface area contributed by atoms with Crippen molar-refractivity contribution in [3.63, 3.8) is 0 Å². The summed E-state index contributed by atoms with van der Waals surface area (Å²) in [5.74, 6) is -0.366. The quantitative estimate of drug-likeness (QED) is 0.707. The number of ether oxygens (including phenoxy) is 1. The van der Waals surface area contributed by atoms with Gasteiger partial charge in [-0.05, 0) is 61.1 Å². The van der Waals surface area contributed by atoms with Crippen LogP contribution in [-0.2, 0) is 4.74 Å². The maximum Gasteiger partial charge on any atom is 0.147 e. The fourth-order valence-electron chi connectivity index (χ4n) is 2.89. The molecular formula is C16H22BrClFNO. The highest BCUT2D eigenvalue weighted by Gasteiger charge is 2.39. The molecule has 1 saturated heterocycles. The van der Waals surface area contributed by atoms with Crippen LogP contribution in [0, 0.1) is 5.82 Å². The van der Waals surface area contributed by atoms with Crippen LogP contribution >= 0.6 is 27.5 Å². The van der Waals surface area contributed by atoms with E-state index < -0.39 is 5.60 Å². The predicted molar refractivity (Wildman–Crippen MR) is 88.4 cm³/mol. The number of nitrogens with one attached hydrogen (secondary N) is 1. The molecule has 1 aromatic carbocycles. The zero-order valence-electron chi connectivity index (χ0n) is 12.5. The number of hydrogen-bond acceptors (Lipinski definition) is 2. The van der Waals surface area contributed by atoms with Crippen molar-refractivity contribution in [2.75, 3.05) is 13.2 Å². The summed E-state index contributed by atoms with van der Waals surface area (Å²) in [5, 5.41) is 3.58. The van der Waals surface area contributed by atoms with Crippen LogP contribution in [0.4, 0.5) is 4.39 Å². The zero-order chi connectivity index (χ0) is 15.5. The minimum Gasteiger partial charge on any atom is -0.373 e. The minimum atomic E-state index is -0.397. The van der Waals surface area contributed by atoms with Crippen molar-refractivity contribution in [2.24, 2.45) is 0 Å². The van der Waals surface area contributed by atoms with E-state index in [-0.39, 0.29) is 16.9 Å². The van der Waals surface area contributed by atoms with Crippen molar-refractivity contribution in [3.8, 4) is 0 Å². The molecule has 0 spiro atoms. The maximum atomic E-state index is 14.6. The molecule has 0 radical (unpaired) electrons. The molecule has 1 heterocycles. The molecule has 0 bridgehead atoms. The van der Waals surface area contributed by atoms with E-state index in [0.29, 0.717) is 10.0 Å². The first-order chi connectivity index (χ1) is 9.99. The van der Waals surface area contributed by atoms with E-state index in [1.165, 1.54) is 0 Å². The van der Waals surface area contributed by atoms with Gasteiger partial charge in [0.2, 0.25) is 0 Å². The molecular weight excluding hydrogens is 357 g/mol. The average Bonchev–Trinajstić information content (AvgIpc) is 2.48. The second-order valence-electron chi connectivity index (χ2n) is 5.77. The van der Waals surface area contributed by atoms with Gasteiger partial charge in [-0.2, -0.15) is 0 Å². The standard InChI is InChI=1S/C16H22BrClFNO/c1-3-9-20-15(16(2)8-4-5-10-21-16)11-6-7-12(17)13(18)14(11)19/h6-7,15,20H,3-5,8-10H2,1-2H3. The Kier molecular flexibility index (Phi) is 6.06. The van der Waals surface area contributed by atoms with Gasteiger partial charge in [-0.15, -0.1) is 0 Å². The van der Waals surface area contributed by atoms with Gasteiger partial charge < -0.3 is 10.1 Å². The molecule has 0 amide bonds. The van der Waals surface area contributed by atoms with Gasteiger partial charge in [-0.3, -0.25) is 0 Å². The molecule has 1 fully saturated rings. The van der Waals surface area contributed by atoms with Gasteiger partial charge in [0, 0.05) is 16.6 Å². The van der Waals surface area contributed by atoms with E-state index in [1.54, 1.807) is 12.1 Å². The second kappa shape index (κ2) is 7.40. The number of hydrogen-bond donors (Lipinski definition) is 1. The van der Waals surface area contributed by atoms with Crippen molar-refractivity contribution >= 4 is 27.5 Å². The Labute approximate surface area is 139 Å². The van der Waals surface area contributed by atoms with Gasteiger partial charge in [0.1, 0.15) is 5.82 Å². The number of benzene rings is 1. The third-order valence-corrected chi connectivity index (χ3v) is 5.34. The zero-order valence-corrected chi connectivity index (χ0v) is 14.9. The van der Waals surface area contributed by atoms with E-state index in [2.05, 4.69) is 35.1 Å². The van der Waals surface area contributed by atoms with Gasteiger partial charge in [-0.1, -0.05) is 24.6 Å². The minimum absolute atomic E-state index is 0.134. The lowest BCUT2D eigenvalue weighted by Gasteiger charge is -2.41. The van der Waals surface area contributed by atoms with Crippen LogP contribution < -0.4 is 5.32 Å². The molecule has 2 unspecified atom stereocenters. The topological polar surface area (TPSA) is 21.3 Å². The van der Waals surface area contributed by atoms with Crippen molar-refractivity contribution in [1.82, 2.24) is 5.32 Å². The first-order valence-corrected chi connectivity index (χ1v) is 8.67. The summed E-state index contributed by atoms with van der Waals surface area (Å²) in [7, 11) is 0. The highest BCUT2D eigenvalue weighted by Crippen LogP contribution is 2.40. The lowest BCUT2D eigenvalue weighted by Crippen LogP contribution is -2.46. The lowest BCUT2D eigenvalue weighted by molar-refractivity contribution is -0.0903. The average molecular weight is 379 g/mol. The molecule has 1 N–H and O–H groups in total. The molecule has 2 nitrogen and oxygen atoms in total. The highest BCUT2D eigenvalue weighted by atomic mass is 79.9. The van der Waals surface area contributed by atoms with Crippen molar-refractivity contribution in [2.45, 2.75) is 51.2 Å². The Bertz CT molecular complexity index is 491. The first-order valence-electron chi connectivity index (χ1n) is 7.50. The molecule has 5 heteroatoms. The van der Waals surface area contributed by atoms with Crippen LogP contribution in [-0.4, -0.2) is 18.8 Å². The molecule has 1 aliphatic heterocycles. The summed E-state index contributed by atoms with van der Waals surface area (Å²) in [5.41, 5.74) is 0.187. The fourth-order valence-corrected chi connectivity index (χ4v) is 3.37. The van der Waals surface area contributed by atoms with Crippen LogP contribution in [0.5, 0.6) is 0 Å². The SMILES string of the molecule is CCCNC(c1ccc(Br)c(Cl)c1F)C1(C)CCCCO1. The van der Waals surface area contributed by atoms with Crippen LogP contribution in [0.2, 0.25) is 5.02 Å². The van der Waals surface area contributed by atoms with Crippen LogP contribution in [0.15, 0.2) is 16.6 Å². The molecule has 0 saturated carbocycles. The lowest BCUT2D eigenvalue weighted by atomic mass is 9.83. The van der Waals surface area contributed by atoms with Crippen molar-refractivity contribution in [3.05, 3.63) is 33.0 Å².